The molecule has 2 amide bonds. The number of amides is 2. The van der Waals surface area contributed by atoms with Crippen LogP contribution in [0.15, 0.2) is 59.0 Å². The fraction of sp³-hybridized carbons (Fsp3) is 0.292. The molecule has 0 atom stereocenters. The number of oxazole rings is 1. The number of anilines is 1. The number of benzene rings is 2. The molecule has 0 spiro atoms. The third-order valence-corrected chi connectivity index (χ3v) is 4.93. The molecule has 4 rings (SSSR count). The molecule has 30 heavy (non-hydrogen) atoms. The SMILES string of the molecule is CC(C)CNC(=O)c1ccccc1NC(=O)c1nc(-c2ccccc2)oc1C1CC1. The molecule has 0 saturated heterocycles. The highest BCUT2D eigenvalue weighted by molar-refractivity contribution is 6.08. The molecule has 154 valence electrons. The molecular weight excluding hydrogens is 378 g/mol. The van der Waals surface area contributed by atoms with Crippen LogP contribution in [-0.2, 0) is 0 Å². The van der Waals surface area contributed by atoms with E-state index in [1.165, 1.54) is 0 Å². The Hall–Kier alpha value is -3.41. The van der Waals surface area contributed by atoms with Crippen LogP contribution in [0.25, 0.3) is 11.5 Å². The van der Waals surface area contributed by atoms with Crippen molar-refractivity contribution in [3.8, 4) is 11.5 Å². The van der Waals surface area contributed by atoms with Gasteiger partial charge < -0.3 is 15.1 Å². The minimum atomic E-state index is -0.369. The van der Waals surface area contributed by atoms with E-state index in [1.54, 1.807) is 24.3 Å². The lowest BCUT2D eigenvalue weighted by atomic mass is 10.1. The number of nitrogens with zero attached hydrogens (tertiary/aromatic N) is 1. The van der Waals surface area contributed by atoms with Gasteiger partial charge in [0, 0.05) is 18.0 Å². The minimum Gasteiger partial charge on any atom is -0.440 e. The summed E-state index contributed by atoms with van der Waals surface area (Å²) in [5.41, 5.74) is 1.99. The Morgan fingerprint density at radius 3 is 2.43 bits per heavy atom. The van der Waals surface area contributed by atoms with Gasteiger partial charge in [0.2, 0.25) is 5.89 Å². The second-order valence-corrected chi connectivity index (χ2v) is 7.98. The molecular formula is C24H25N3O3. The van der Waals surface area contributed by atoms with Crippen LogP contribution < -0.4 is 10.6 Å². The Balaban J connectivity index is 1.59. The summed E-state index contributed by atoms with van der Waals surface area (Å²) in [6.45, 7) is 4.63. The van der Waals surface area contributed by atoms with Crippen LogP contribution in [0.2, 0.25) is 0 Å². The van der Waals surface area contributed by atoms with Gasteiger partial charge in [-0.25, -0.2) is 4.98 Å². The standard InChI is InChI=1S/C24H25N3O3/c1-15(2)14-25-22(28)18-10-6-7-11-19(18)26-23(29)20-21(16-12-13-16)30-24(27-20)17-8-4-3-5-9-17/h3-11,15-16H,12-14H2,1-2H3,(H,25,28)(H,26,29). The number of nitrogens with one attached hydrogen (secondary N) is 2. The lowest BCUT2D eigenvalue weighted by Gasteiger charge is -2.12. The summed E-state index contributed by atoms with van der Waals surface area (Å²) in [6.07, 6.45) is 1.97. The van der Waals surface area contributed by atoms with Crippen molar-refractivity contribution in [2.24, 2.45) is 5.92 Å². The van der Waals surface area contributed by atoms with Crippen LogP contribution >= 0.6 is 0 Å². The summed E-state index contributed by atoms with van der Waals surface area (Å²) in [5.74, 6) is 1.03. The van der Waals surface area contributed by atoms with Crippen molar-refractivity contribution in [3.63, 3.8) is 0 Å². The van der Waals surface area contributed by atoms with Crippen LogP contribution in [0.5, 0.6) is 0 Å². The van der Waals surface area contributed by atoms with E-state index in [2.05, 4.69) is 15.6 Å². The van der Waals surface area contributed by atoms with Crippen molar-refractivity contribution in [3.05, 3.63) is 71.6 Å². The van der Waals surface area contributed by atoms with Crippen molar-refractivity contribution in [2.75, 3.05) is 11.9 Å². The van der Waals surface area contributed by atoms with Gasteiger partial charge in [-0.1, -0.05) is 44.2 Å². The van der Waals surface area contributed by atoms with Crippen LogP contribution in [0.3, 0.4) is 0 Å². The fourth-order valence-electron chi connectivity index (χ4n) is 3.18. The topological polar surface area (TPSA) is 84.2 Å². The number of hydrogen-bond acceptors (Lipinski definition) is 4. The van der Waals surface area contributed by atoms with Gasteiger partial charge in [0.25, 0.3) is 11.8 Å². The first kappa shape index (κ1) is 19.9. The van der Waals surface area contributed by atoms with Gasteiger partial charge in [0.15, 0.2) is 5.69 Å². The summed E-state index contributed by atoms with van der Waals surface area (Å²) in [6, 6.07) is 16.5. The number of aromatic nitrogens is 1. The average Bonchev–Trinajstić information content (AvgIpc) is 3.50. The molecule has 1 saturated carbocycles. The van der Waals surface area contributed by atoms with E-state index in [9.17, 15) is 9.59 Å². The quantitative estimate of drug-likeness (QED) is 0.590. The first-order valence-electron chi connectivity index (χ1n) is 10.3. The summed E-state index contributed by atoms with van der Waals surface area (Å²) in [5, 5.41) is 5.75. The molecule has 0 radical (unpaired) electrons. The van der Waals surface area contributed by atoms with Crippen LogP contribution in [0.4, 0.5) is 5.69 Å². The second kappa shape index (κ2) is 8.53. The molecule has 0 aliphatic heterocycles. The molecule has 6 nitrogen and oxygen atoms in total. The van der Waals surface area contributed by atoms with Crippen LogP contribution in [-0.4, -0.2) is 23.3 Å². The van der Waals surface area contributed by atoms with Gasteiger partial charge in [0.05, 0.1) is 11.3 Å². The van der Waals surface area contributed by atoms with Gasteiger partial charge in [-0.3, -0.25) is 9.59 Å². The minimum absolute atomic E-state index is 0.216. The summed E-state index contributed by atoms with van der Waals surface area (Å²) in [4.78, 5) is 30.1. The molecule has 1 aliphatic rings. The summed E-state index contributed by atoms with van der Waals surface area (Å²) < 4.78 is 5.97. The van der Waals surface area contributed by atoms with E-state index >= 15 is 0 Å². The van der Waals surface area contributed by atoms with Crippen molar-refractivity contribution < 1.29 is 14.0 Å². The molecule has 1 aliphatic carbocycles. The van der Waals surface area contributed by atoms with Crippen molar-refractivity contribution in [1.29, 1.82) is 0 Å². The molecule has 2 aromatic carbocycles. The number of para-hydroxylation sites is 1. The molecule has 3 aromatic rings. The lowest BCUT2D eigenvalue weighted by molar-refractivity contribution is 0.0950. The van der Waals surface area contributed by atoms with Crippen LogP contribution in [0, 0.1) is 5.92 Å². The van der Waals surface area contributed by atoms with Gasteiger partial charge in [0.1, 0.15) is 5.76 Å². The summed E-state index contributed by atoms with van der Waals surface area (Å²) in [7, 11) is 0. The first-order chi connectivity index (χ1) is 14.5. The Morgan fingerprint density at radius 1 is 1.03 bits per heavy atom. The third-order valence-electron chi connectivity index (χ3n) is 4.93. The monoisotopic (exact) mass is 403 g/mol. The predicted octanol–water partition coefficient (Wildman–Crippen LogP) is 4.86. The van der Waals surface area contributed by atoms with Gasteiger partial charge >= 0.3 is 0 Å². The zero-order chi connectivity index (χ0) is 21.1. The largest absolute Gasteiger partial charge is 0.440 e. The second-order valence-electron chi connectivity index (χ2n) is 7.98. The molecule has 2 N–H and O–H groups in total. The first-order valence-corrected chi connectivity index (χ1v) is 10.3. The molecule has 1 aromatic heterocycles. The maximum absolute atomic E-state index is 13.1. The predicted molar refractivity (Wildman–Crippen MR) is 115 cm³/mol. The van der Waals surface area contributed by atoms with E-state index in [1.807, 2.05) is 44.2 Å². The van der Waals surface area contributed by atoms with E-state index < -0.39 is 0 Å². The molecule has 1 fully saturated rings. The normalized spacial score (nSPS) is 13.3. The van der Waals surface area contributed by atoms with E-state index in [0.717, 1.165) is 18.4 Å². The number of hydrogen-bond donors (Lipinski definition) is 2. The van der Waals surface area contributed by atoms with E-state index in [-0.39, 0.29) is 23.4 Å². The number of carbonyl (C=O) groups is 2. The fourth-order valence-corrected chi connectivity index (χ4v) is 3.18. The highest BCUT2D eigenvalue weighted by atomic mass is 16.4. The maximum atomic E-state index is 13.1. The zero-order valence-corrected chi connectivity index (χ0v) is 17.1. The molecule has 0 bridgehead atoms. The average molecular weight is 403 g/mol. The number of carbonyl (C=O) groups excluding carboxylic acids is 2. The third kappa shape index (κ3) is 4.43. The van der Waals surface area contributed by atoms with Crippen molar-refractivity contribution >= 4 is 17.5 Å². The Morgan fingerprint density at radius 2 is 1.73 bits per heavy atom. The highest BCUT2D eigenvalue weighted by Gasteiger charge is 2.34. The zero-order valence-electron chi connectivity index (χ0n) is 17.1. The van der Waals surface area contributed by atoms with Crippen molar-refractivity contribution in [2.45, 2.75) is 32.6 Å². The van der Waals surface area contributed by atoms with Gasteiger partial charge in [-0.05, 0) is 43.0 Å². The van der Waals surface area contributed by atoms with Gasteiger partial charge in [-0.2, -0.15) is 0 Å². The van der Waals surface area contributed by atoms with Gasteiger partial charge in [-0.15, -0.1) is 0 Å². The Labute approximate surface area is 175 Å². The van der Waals surface area contributed by atoms with Crippen molar-refractivity contribution in [1.82, 2.24) is 10.3 Å². The Kier molecular flexibility index (Phi) is 5.65. The smallest absolute Gasteiger partial charge is 0.277 e. The highest BCUT2D eigenvalue weighted by Crippen LogP contribution is 2.43. The van der Waals surface area contributed by atoms with E-state index in [0.29, 0.717) is 35.4 Å². The molecule has 0 unspecified atom stereocenters. The maximum Gasteiger partial charge on any atom is 0.277 e. The molecule has 1 heterocycles. The van der Waals surface area contributed by atoms with E-state index in [4.69, 9.17) is 4.42 Å². The summed E-state index contributed by atoms with van der Waals surface area (Å²) >= 11 is 0. The molecule has 6 heteroatoms. The number of rotatable bonds is 7. The Bertz CT molecular complexity index is 1050. The van der Waals surface area contributed by atoms with Crippen LogP contribution in [0.1, 0.15) is 59.2 Å². The lowest BCUT2D eigenvalue weighted by Crippen LogP contribution is -2.28.